The summed E-state index contributed by atoms with van der Waals surface area (Å²) in [6.07, 6.45) is -3.53. The Hall–Kier alpha value is -0.130. The van der Waals surface area contributed by atoms with Gasteiger partial charge in [0.2, 0.25) is 0 Å². The molecule has 3 rings (SSSR count). The topological polar surface area (TPSA) is 155 Å². The number of phosphoric ester groups is 1. The van der Waals surface area contributed by atoms with Crippen LogP contribution in [0.3, 0.4) is 0 Å². The molecule has 3 aliphatic heterocycles. The Morgan fingerprint density at radius 2 is 1.82 bits per heavy atom. The summed E-state index contributed by atoms with van der Waals surface area (Å²) in [6.45, 7) is -0.821. The van der Waals surface area contributed by atoms with E-state index in [1.165, 1.54) is 0 Å². The van der Waals surface area contributed by atoms with E-state index in [9.17, 15) is 25.0 Å². The van der Waals surface area contributed by atoms with Crippen LogP contribution in [-0.2, 0) is 22.9 Å². The molecule has 0 amide bonds. The second-order valence-electron chi connectivity index (χ2n) is 3.93. The summed E-state index contributed by atoms with van der Waals surface area (Å²) in [5, 5.41) is 48.1. The fourth-order valence-corrected chi connectivity index (χ4v) is 3.75. The quantitative estimate of drug-likeness (QED) is 0.311. The van der Waals surface area contributed by atoms with Crippen molar-refractivity contribution in [1.29, 1.82) is 0 Å². The highest BCUT2D eigenvalue weighted by atomic mass is 31.2. The molecule has 1 unspecified atom stereocenters. The minimum Gasteiger partial charge on any atom is -0.394 e. The Morgan fingerprint density at radius 1 is 1.18 bits per heavy atom. The van der Waals surface area contributed by atoms with Crippen LogP contribution in [0.1, 0.15) is 0 Å². The highest BCUT2D eigenvalue weighted by Crippen LogP contribution is 2.76. The lowest BCUT2D eigenvalue weighted by atomic mass is 9.90. The molecule has 0 aromatic heterocycles. The van der Waals surface area contributed by atoms with Gasteiger partial charge in [0, 0.05) is 0 Å². The molecule has 0 aliphatic carbocycles. The van der Waals surface area contributed by atoms with Crippen LogP contribution in [0.5, 0.6) is 0 Å². The van der Waals surface area contributed by atoms with E-state index in [1.807, 2.05) is 0 Å². The summed E-state index contributed by atoms with van der Waals surface area (Å²) >= 11 is 0. The third-order valence-electron chi connectivity index (χ3n) is 2.89. The monoisotopic (exact) mass is 272 g/mol. The SMILES string of the molecule is O=P12O[C@]3(O)O[C@H](CO)[C@@H](O)[C@@](O)(O1)[C@]3(O)O2. The number of phosphoric acid groups is 1. The molecule has 5 N–H and O–H groups in total. The zero-order valence-electron chi connectivity index (χ0n) is 8.09. The molecule has 3 saturated heterocycles. The van der Waals surface area contributed by atoms with Crippen LogP contribution in [-0.4, -0.2) is 61.9 Å². The fraction of sp³-hybridized carbons (Fsp3) is 1.00. The number of hydrogen-bond acceptors (Lipinski definition) is 10. The average Bonchev–Trinajstić information content (AvgIpc) is 2.54. The van der Waals surface area contributed by atoms with E-state index >= 15 is 0 Å². The van der Waals surface area contributed by atoms with Gasteiger partial charge in [0.25, 0.3) is 5.79 Å². The Balaban J connectivity index is 2.15. The Kier molecular flexibility index (Phi) is 2.03. The third-order valence-corrected chi connectivity index (χ3v) is 4.35. The molecule has 3 aliphatic rings. The molecule has 6 atom stereocenters. The van der Waals surface area contributed by atoms with E-state index in [4.69, 9.17) is 5.11 Å². The molecular weight excluding hydrogens is 263 g/mol. The van der Waals surface area contributed by atoms with E-state index in [2.05, 4.69) is 18.3 Å². The van der Waals surface area contributed by atoms with Crippen LogP contribution in [0, 0.1) is 0 Å². The van der Waals surface area contributed by atoms with Gasteiger partial charge in [0.05, 0.1) is 6.61 Å². The molecule has 0 saturated carbocycles. The van der Waals surface area contributed by atoms with Crippen molar-refractivity contribution in [2.45, 2.75) is 29.8 Å². The Bertz CT molecular complexity index is 427. The van der Waals surface area contributed by atoms with E-state index in [0.717, 1.165) is 0 Å². The first-order valence-electron chi connectivity index (χ1n) is 4.56. The first-order valence-corrected chi connectivity index (χ1v) is 6.02. The average molecular weight is 272 g/mol. The van der Waals surface area contributed by atoms with E-state index < -0.39 is 44.2 Å². The number of ether oxygens (including phenoxy) is 1. The molecular formula is C6H9O10P. The summed E-state index contributed by atoms with van der Waals surface area (Å²) in [5.41, 5.74) is 0. The van der Waals surface area contributed by atoms with E-state index in [0.29, 0.717) is 0 Å². The second-order valence-corrected chi connectivity index (χ2v) is 5.37. The molecule has 11 heteroatoms. The third kappa shape index (κ3) is 1.09. The molecule has 98 valence electrons. The van der Waals surface area contributed by atoms with Crippen molar-refractivity contribution in [2.75, 3.05) is 6.61 Å². The van der Waals surface area contributed by atoms with Crippen LogP contribution in [0.15, 0.2) is 0 Å². The van der Waals surface area contributed by atoms with Gasteiger partial charge in [-0.25, -0.2) is 18.1 Å². The van der Waals surface area contributed by atoms with Crippen LogP contribution < -0.4 is 0 Å². The van der Waals surface area contributed by atoms with Gasteiger partial charge in [-0.1, -0.05) is 0 Å². The minimum atomic E-state index is -4.44. The predicted octanol–water partition coefficient (Wildman–Crippen LogP) is -3.05. The van der Waals surface area contributed by atoms with Crippen LogP contribution in [0.25, 0.3) is 0 Å². The van der Waals surface area contributed by atoms with Crippen molar-refractivity contribution in [3.05, 3.63) is 0 Å². The predicted molar refractivity (Wildman–Crippen MR) is 43.7 cm³/mol. The molecule has 0 spiro atoms. The minimum absolute atomic E-state index is 0.821. The molecule has 3 fully saturated rings. The maximum atomic E-state index is 11.6. The fourth-order valence-electron chi connectivity index (χ4n) is 2.03. The molecule has 0 aromatic rings. The van der Waals surface area contributed by atoms with Crippen molar-refractivity contribution in [2.24, 2.45) is 0 Å². The summed E-state index contributed by atoms with van der Waals surface area (Å²) in [4.78, 5) is 0. The van der Waals surface area contributed by atoms with Crippen LogP contribution >= 0.6 is 7.82 Å². The zero-order chi connectivity index (χ0) is 12.7. The largest absolute Gasteiger partial charge is 0.485 e. The number of rotatable bonds is 1. The van der Waals surface area contributed by atoms with Gasteiger partial charge in [-0.2, -0.15) is 0 Å². The summed E-state index contributed by atoms with van der Waals surface area (Å²) < 4.78 is 29.4. The summed E-state index contributed by atoms with van der Waals surface area (Å²) in [5.74, 6) is -9.00. The normalized spacial score (nSPS) is 65.2. The number of aliphatic hydroxyl groups excluding tert-OH is 2. The molecule has 3 heterocycles. The van der Waals surface area contributed by atoms with Crippen molar-refractivity contribution in [3.8, 4) is 0 Å². The lowest BCUT2D eigenvalue weighted by molar-refractivity contribution is -0.526. The molecule has 0 aromatic carbocycles. The maximum absolute atomic E-state index is 11.6. The van der Waals surface area contributed by atoms with Gasteiger partial charge < -0.3 is 30.3 Å². The lowest BCUT2D eigenvalue weighted by Gasteiger charge is -2.50. The number of hydrogen-bond donors (Lipinski definition) is 5. The van der Waals surface area contributed by atoms with Crippen molar-refractivity contribution in [1.82, 2.24) is 0 Å². The highest BCUT2D eigenvalue weighted by Gasteiger charge is 2.89. The van der Waals surface area contributed by atoms with Gasteiger partial charge in [0.1, 0.15) is 12.2 Å². The first-order chi connectivity index (χ1) is 7.70. The highest BCUT2D eigenvalue weighted by molar-refractivity contribution is 7.49. The summed E-state index contributed by atoms with van der Waals surface area (Å²) in [7, 11) is -4.44. The van der Waals surface area contributed by atoms with E-state index in [-0.39, 0.29) is 0 Å². The maximum Gasteiger partial charge on any atom is 0.485 e. The van der Waals surface area contributed by atoms with Crippen molar-refractivity contribution < 1.29 is 48.4 Å². The van der Waals surface area contributed by atoms with Gasteiger partial charge in [0.15, 0.2) is 0 Å². The van der Waals surface area contributed by atoms with Crippen LogP contribution in [0.2, 0.25) is 0 Å². The van der Waals surface area contributed by atoms with E-state index in [1.54, 1.807) is 0 Å². The Morgan fingerprint density at radius 3 is 2.35 bits per heavy atom. The number of fused-ring (bicyclic) bond motifs is 1. The Labute approximate surface area is 93.5 Å². The van der Waals surface area contributed by atoms with Gasteiger partial charge in [-0.3, -0.25) is 0 Å². The van der Waals surface area contributed by atoms with Gasteiger partial charge in [-0.15, -0.1) is 0 Å². The van der Waals surface area contributed by atoms with Gasteiger partial charge in [-0.05, 0) is 0 Å². The zero-order valence-corrected chi connectivity index (χ0v) is 8.98. The summed E-state index contributed by atoms with van der Waals surface area (Å²) in [6, 6.07) is 0. The van der Waals surface area contributed by atoms with Crippen molar-refractivity contribution in [3.63, 3.8) is 0 Å². The molecule has 0 radical (unpaired) electrons. The standard InChI is InChI=1S/C6H9O10P/c7-1-2-3(8)4(9)5(10)6(11,13-2)16-17(12,14-4)15-5/h2-3,7-11H,1H2/t2-,3-,4-,5+,6-,17?/m1/s1. The molecule has 10 nitrogen and oxygen atoms in total. The first kappa shape index (κ1) is 11.9. The smallest absolute Gasteiger partial charge is 0.394 e. The van der Waals surface area contributed by atoms with Crippen LogP contribution in [0.4, 0.5) is 0 Å². The number of aliphatic hydroxyl groups is 5. The van der Waals surface area contributed by atoms with Gasteiger partial charge >= 0.3 is 19.6 Å². The molecule has 17 heavy (non-hydrogen) atoms. The lowest BCUT2D eigenvalue weighted by Crippen LogP contribution is -2.78. The van der Waals surface area contributed by atoms with Crippen molar-refractivity contribution >= 4 is 7.82 Å². The molecule has 2 bridgehead atoms. The second kappa shape index (κ2) is 2.89.